The Kier molecular flexibility index (Phi) is 8.71. The summed E-state index contributed by atoms with van der Waals surface area (Å²) in [6.07, 6.45) is 3.00. The highest BCUT2D eigenvalue weighted by Gasteiger charge is 2.31. The number of anilines is 2. The molecule has 2 amide bonds. The van der Waals surface area contributed by atoms with Gasteiger partial charge in [0.15, 0.2) is 34.2 Å². The molecule has 2 atom stereocenters. The van der Waals surface area contributed by atoms with Crippen LogP contribution in [-0.2, 0) is 12.8 Å². The first-order chi connectivity index (χ1) is 27.9. The normalized spacial score (nSPS) is 15.5. The molecule has 1 aliphatic rings. The Morgan fingerprint density at radius 1 is 0.500 bits per heavy atom. The van der Waals surface area contributed by atoms with Crippen LogP contribution in [0.3, 0.4) is 0 Å². The third-order valence-electron chi connectivity index (χ3n) is 9.55. The van der Waals surface area contributed by atoms with Crippen LogP contribution < -0.4 is 22.1 Å². The number of nitrogens with one attached hydrogen (secondary N) is 2. The van der Waals surface area contributed by atoms with Gasteiger partial charge in [0.1, 0.15) is 47.7 Å². The number of carbonyl (C=O) groups is 2. The minimum absolute atomic E-state index is 0.0290. The van der Waals surface area contributed by atoms with Crippen molar-refractivity contribution in [2.24, 2.45) is 0 Å². The topological polar surface area (TPSA) is 266 Å². The molecule has 12 bridgehead atoms. The van der Waals surface area contributed by atoms with E-state index in [4.69, 9.17) is 47.9 Å². The second kappa shape index (κ2) is 14.1. The number of hydrogen-bond acceptors (Lipinski definition) is 16. The van der Waals surface area contributed by atoms with Gasteiger partial charge in [-0.2, -0.15) is 0 Å². The summed E-state index contributed by atoms with van der Waals surface area (Å²) in [7, 11) is 0. The molecule has 6 aromatic heterocycles. The van der Waals surface area contributed by atoms with Crippen LogP contribution in [-0.4, -0.2) is 41.7 Å². The van der Waals surface area contributed by atoms with Crippen molar-refractivity contribution in [2.75, 3.05) is 11.5 Å². The third kappa shape index (κ3) is 6.76. The zero-order chi connectivity index (χ0) is 40.2. The van der Waals surface area contributed by atoms with E-state index in [1.54, 1.807) is 52.0 Å². The Morgan fingerprint density at radius 2 is 0.862 bits per heavy atom. The zero-order valence-corrected chi connectivity index (χ0v) is 31.4. The van der Waals surface area contributed by atoms with E-state index in [2.05, 4.69) is 30.6 Å². The van der Waals surface area contributed by atoms with Gasteiger partial charge in [0.25, 0.3) is 11.8 Å². The Morgan fingerprint density at radius 3 is 1.26 bits per heavy atom. The highest BCUT2D eigenvalue weighted by atomic mass is 16.4. The largest absolute Gasteiger partial charge is 0.443 e. The molecule has 58 heavy (non-hydrogen) atoms. The number of oxazole rings is 6. The van der Waals surface area contributed by atoms with Crippen molar-refractivity contribution >= 4 is 23.2 Å². The Hall–Kier alpha value is -7.76. The molecule has 0 radical (unpaired) electrons. The van der Waals surface area contributed by atoms with Gasteiger partial charge < -0.3 is 48.6 Å². The lowest BCUT2D eigenvalue weighted by Gasteiger charge is -2.15. The van der Waals surface area contributed by atoms with Crippen LogP contribution in [0, 0.1) is 27.7 Å². The SMILES string of the molecule is Cc1oc2nc1-c1nc(co1)C(=O)NC(Cc1ccc(N)cc1)c1nc(c(C)o1)-c1nc(c(C)o1)-c1nc(co1)C(=O)NC(Cc1ccc(N)cc1)c1nc-2c(C)o1. The number of nitrogens with zero attached hydrogens (tertiary/aromatic N) is 6. The lowest BCUT2D eigenvalue weighted by molar-refractivity contribution is 0.0917. The lowest BCUT2D eigenvalue weighted by atomic mass is 10.1. The molecule has 18 heteroatoms. The van der Waals surface area contributed by atoms with E-state index in [0.29, 0.717) is 34.4 Å². The van der Waals surface area contributed by atoms with Crippen LogP contribution >= 0.6 is 0 Å². The van der Waals surface area contributed by atoms with Crippen molar-refractivity contribution in [1.29, 1.82) is 0 Å². The van der Waals surface area contributed by atoms with Gasteiger partial charge in [0, 0.05) is 24.2 Å². The number of carbonyl (C=O) groups excluding carboxylic acids is 2. The minimum Gasteiger partial charge on any atom is -0.443 e. The van der Waals surface area contributed by atoms with Gasteiger partial charge >= 0.3 is 0 Å². The fourth-order valence-corrected chi connectivity index (χ4v) is 6.54. The summed E-state index contributed by atoms with van der Waals surface area (Å²) < 4.78 is 35.9. The molecule has 9 rings (SSSR count). The van der Waals surface area contributed by atoms with Gasteiger partial charge in [-0.05, 0) is 63.1 Å². The number of aryl methyl sites for hydroxylation is 4. The number of nitrogen functional groups attached to an aromatic ring is 2. The van der Waals surface area contributed by atoms with Crippen molar-refractivity contribution in [3.8, 4) is 46.3 Å². The van der Waals surface area contributed by atoms with Crippen molar-refractivity contribution in [3.05, 3.63) is 118 Å². The molecular formula is C40H34N10O8. The molecule has 0 aliphatic carbocycles. The highest BCUT2D eigenvalue weighted by Crippen LogP contribution is 2.34. The predicted octanol–water partition coefficient (Wildman–Crippen LogP) is 6.42. The highest BCUT2D eigenvalue weighted by molar-refractivity contribution is 5.93. The summed E-state index contributed by atoms with van der Waals surface area (Å²) in [5.41, 5.74) is 15.7. The van der Waals surface area contributed by atoms with Gasteiger partial charge in [-0.15, -0.1) is 0 Å². The Labute approximate surface area is 328 Å². The summed E-state index contributed by atoms with van der Waals surface area (Å²) in [5.74, 6) is 0.949. The number of fused-ring (bicyclic) bond motifs is 16. The summed E-state index contributed by atoms with van der Waals surface area (Å²) >= 11 is 0. The number of amides is 2. The molecular weight excluding hydrogens is 749 g/mol. The quantitative estimate of drug-likeness (QED) is 0.140. The molecule has 0 saturated heterocycles. The number of hydrogen-bond donors (Lipinski definition) is 4. The number of benzene rings is 2. The second-order valence-corrected chi connectivity index (χ2v) is 13.8. The molecule has 1 aliphatic heterocycles. The fourth-order valence-electron chi connectivity index (χ4n) is 6.54. The summed E-state index contributed by atoms with van der Waals surface area (Å²) in [6, 6.07) is 12.9. The van der Waals surface area contributed by atoms with E-state index in [0.717, 1.165) is 11.1 Å². The van der Waals surface area contributed by atoms with Gasteiger partial charge in [-0.25, -0.2) is 29.9 Å². The zero-order valence-electron chi connectivity index (χ0n) is 31.4. The van der Waals surface area contributed by atoms with Crippen LogP contribution in [0.4, 0.5) is 11.4 Å². The van der Waals surface area contributed by atoms with Crippen molar-refractivity contribution in [3.63, 3.8) is 0 Å². The summed E-state index contributed by atoms with van der Waals surface area (Å²) in [6.45, 7) is 6.76. The van der Waals surface area contributed by atoms with Crippen molar-refractivity contribution < 1.29 is 36.1 Å². The number of nitrogens with two attached hydrogens (primary N) is 2. The smallest absolute Gasteiger partial charge is 0.273 e. The average molecular weight is 783 g/mol. The van der Waals surface area contributed by atoms with E-state index in [1.165, 1.54) is 12.5 Å². The maximum atomic E-state index is 13.8. The van der Waals surface area contributed by atoms with E-state index in [1.807, 2.05) is 24.3 Å². The molecule has 18 nitrogen and oxygen atoms in total. The van der Waals surface area contributed by atoms with Gasteiger partial charge in [-0.1, -0.05) is 24.3 Å². The van der Waals surface area contributed by atoms with E-state index in [-0.39, 0.29) is 82.3 Å². The first-order valence-corrected chi connectivity index (χ1v) is 18.1. The lowest BCUT2D eigenvalue weighted by Crippen LogP contribution is -2.30. The first kappa shape index (κ1) is 35.9. The fraction of sp³-hybridized carbons (Fsp3) is 0.200. The second-order valence-electron chi connectivity index (χ2n) is 13.8. The molecule has 7 heterocycles. The van der Waals surface area contributed by atoms with Gasteiger partial charge in [-0.3, -0.25) is 9.59 Å². The molecule has 0 spiro atoms. The van der Waals surface area contributed by atoms with Gasteiger partial charge in [0.05, 0.1) is 0 Å². The summed E-state index contributed by atoms with van der Waals surface area (Å²) in [5, 5.41) is 5.95. The monoisotopic (exact) mass is 782 g/mol. The number of aromatic nitrogens is 6. The van der Waals surface area contributed by atoms with Crippen LogP contribution in [0.1, 0.15) is 79.0 Å². The standard InChI is InChI=1S/C40H34N10O8/c1-17-29-37-45-27(15-53-37)33(51)43-26(14-22-7-11-24(42)12-8-22)36-48-32(20(4)56-36)40-50-30(18(2)58-40)38-46-28(16-54-38)34(52)44-25(13-21-5-9-23(41)10-6-21)35-47-31(19(3)55-35)39(49-29)57-17/h5-12,15-16,25-26H,13-14,41-42H2,1-4H3,(H,43,51)(H,44,52). The maximum absolute atomic E-state index is 13.8. The van der Waals surface area contributed by atoms with Crippen LogP contribution in [0.15, 0.2) is 87.6 Å². The van der Waals surface area contributed by atoms with Gasteiger partial charge in [0.2, 0.25) is 35.3 Å². The van der Waals surface area contributed by atoms with E-state index in [9.17, 15) is 9.59 Å². The van der Waals surface area contributed by atoms with Crippen molar-refractivity contribution in [1.82, 2.24) is 40.5 Å². The van der Waals surface area contributed by atoms with Crippen LogP contribution in [0.5, 0.6) is 0 Å². The molecule has 6 N–H and O–H groups in total. The first-order valence-electron chi connectivity index (χ1n) is 18.1. The van der Waals surface area contributed by atoms with Crippen LogP contribution in [0.2, 0.25) is 0 Å². The molecule has 2 unspecified atom stereocenters. The summed E-state index contributed by atoms with van der Waals surface area (Å²) in [4.78, 5) is 55.2. The molecule has 292 valence electrons. The average Bonchev–Trinajstić information content (AvgIpc) is 4.06. The Bertz CT molecular complexity index is 2630. The third-order valence-corrected chi connectivity index (χ3v) is 9.55. The van der Waals surface area contributed by atoms with Crippen LogP contribution in [0.25, 0.3) is 46.3 Å². The number of rotatable bonds is 4. The van der Waals surface area contributed by atoms with E-state index < -0.39 is 23.9 Å². The van der Waals surface area contributed by atoms with E-state index >= 15 is 0 Å². The minimum atomic E-state index is -0.786. The molecule has 8 aromatic rings. The molecule has 2 aromatic carbocycles. The molecule has 0 fully saturated rings. The maximum Gasteiger partial charge on any atom is 0.273 e. The Balaban J connectivity index is 1.14. The predicted molar refractivity (Wildman–Crippen MR) is 203 cm³/mol. The molecule has 0 saturated carbocycles. The van der Waals surface area contributed by atoms with Crippen molar-refractivity contribution in [2.45, 2.75) is 52.6 Å².